The number of anilines is 1. The summed E-state index contributed by atoms with van der Waals surface area (Å²) >= 11 is 13.2. The lowest BCUT2D eigenvalue weighted by Crippen LogP contribution is -2.01. The van der Waals surface area contributed by atoms with Gasteiger partial charge in [0, 0.05) is 4.88 Å². The quantitative estimate of drug-likeness (QED) is 0.836. The number of ether oxygens (including phenoxy) is 1. The molecule has 0 fully saturated rings. The van der Waals surface area contributed by atoms with E-state index in [4.69, 9.17) is 33.7 Å². The summed E-state index contributed by atoms with van der Waals surface area (Å²) in [5.41, 5.74) is 8.09. The fraction of sp³-hybridized carbons (Fsp3) is 0.154. The summed E-state index contributed by atoms with van der Waals surface area (Å²) in [6.45, 7) is 1.86. The van der Waals surface area contributed by atoms with Gasteiger partial charge in [-0.1, -0.05) is 29.3 Å². The van der Waals surface area contributed by atoms with Gasteiger partial charge in [0.1, 0.15) is 4.88 Å². The van der Waals surface area contributed by atoms with Crippen molar-refractivity contribution in [1.29, 1.82) is 0 Å². The van der Waals surface area contributed by atoms with Crippen molar-refractivity contribution in [3.8, 4) is 10.4 Å². The summed E-state index contributed by atoms with van der Waals surface area (Å²) in [6, 6.07) is 5.31. The van der Waals surface area contributed by atoms with E-state index >= 15 is 0 Å². The predicted octanol–water partition coefficient (Wildman–Crippen LogP) is 4.40. The maximum absolute atomic E-state index is 11.6. The molecule has 0 bridgehead atoms. The minimum absolute atomic E-state index is 0.404. The fourth-order valence-electron chi connectivity index (χ4n) is 1.68. The van der Waals surface area contributed by atoms with Crippen LogP contribution < -0.4 is 5.73 Å². The van der Waals surface area contributed by atoms with E-state index in [0.29, 0.717) is 20.6 Å². The lowest BCUT2D eigenvalue weighted by atomic mass is 10.1. The molecule has 0 aliphatic heterocycles. The van der Waals surface area contributed by atoms with Crippen molar-refractivity contribution in [2.45, 2.75) is 6.92 Å². The third-order valence-electron chi connectivity index (χ3n) is 2.75. The number of esters is 1. The number of hydrogen-bond acceptors (Lipinski definition) is 4. The van der Waals surface area contributed by atoms with Crippen molar-refractivity contribution in [3.63, 3.8) is 0 Å². The first-order valence-corrected chi connectivity index (χ1v) is 6.95. The summed E-state index contributed by atoms with van der Waals surface area (Å²) in [6.07, 6.45) is 0. The van der Waals surface area contributed by atoms with E-state index in [9.17, 15) is 4.79 Å². The highest BCUT2D eigenvalue weighted by atomic mass is 35.5. The molecule has 0 spiro atoms. The Hall–Kier alpha value is -1.23. The van der Waals surface area contributed by atoms with Crippen LogP contribution in [0.4, 0.5) is 5.69 Å². The molecule has 1 aromatic heterocycles. The van der Waals surface area contributed by atoms with Crippen molar-refractivity contribution in [2.75, 3.05) is 12.8 Å². The van der Waals surface area contributed by atoms with Crippen molar-refractivity contribution in [2.24, 2.45) is 0 Å². The monoisotopic (exact) mass is 315 g/mol. The van der Waals surface area contributed by atoms with Crippen LogP contribution in [0.15, 0.2) is 18.2 Å². The third kappa shape index (κ3) is 2.56. The zero-order chi connectivity index (χ0) is 14.2. The molecule has 0 atom stereocenters. The number of nitrogens with two attached hydrogens (primary N) is 1. The maximum Gasteiger partial charge on any atom is 0.350 e. The molecule has 0 radical (unpaired) electrons. The van der Waals surface area contributed by atoms with Crippen LogP contribution in [0.25, 0.3) is 10.4 Å². The summed E-state index contributed by atoms with van der Waals surface area (Å²) < 4.78 is 4.71. The molecule has 1 aromatic carbocycles. The molecule has 100 valence electrons. The smallest absolute Gasteiger partial charge is 0.350 e. The standard InChI is InChI=1S/C13H11Cl2NO2S/c1-6-10(16)12(13(17)18-2)19-11(6)7-3-4-8(14)9(15)5-7/h3-5H,16H2,1-2H3. The normalized spacial score (nSPS) is 10.5. The first-order chi connectivity index (χ1) is 8.95. The van der Waals surface area contributed by atoms with E-state index in [1.165, 1.54) is 18.4 Å². The Kier molecular flexibility index (Phi) is 4.04. The van der Waals surface area contributed by atoms with Crippen LogP contribution in [0, 0.1) is 6.92 Å². The Bertz CT molecular complexity index is 652. The van der Waals surface area contributed by atoms with Crippen LogP contribution in [0.5, 0.6) is 0 Å². The Morgan fingerprint density at radius 1 is 1.32 bits per heavy atom. The number of nitrogen functional groups attached to an aromatic ring is 1. The van der Waals surface area contributed by atoms with Gasteiger partial charge in [-0.2, -0.15) is 0 Å². The third-order valence-corrected chi connectivity index (χ3v) is 4.82. The molecule has 0 aliphatic carbocycles. The molecule has 1 heterocycles. The topological polar surface area (TPSA) is 52.3 Å². The van der Waals surface area contributed by atoms with Crippen LogP contribution in [-0.4, -0.2) is 13.1 Å². The number of carbonyl (C=O) groups excluding carboxylic acids is 1. The molecule has 0 saturated carbocycles. The second-order valence-corrected chi connectivity index (χ2v) is 5.75. The van der Waals surface area contributed by atoms with Crippen molar-refractivity contribution in [1.82, 2.24) is 0 Å². The van der Waals surface area contributed by atoms with Gasteiger partial charge in [0.15, 0.2) is 0 Å². The van der Waals surface area contributed by atoms with E-state index in [1.54, 1.807) is 12.1 Å². The average Bonchev–Trinajstić information content (AvgIpc) is 2.69. The largest absolute Gasteiger partial charge is 0.465 e. The minimum atomic E-state index is -0.433. The lowest BCUT2D eigenvalue weighted by Gasteiger charge is -2.02. The highest BCUT2D eigenvalue weighted by Crippen LogP contribution is 2.40. The second kappa shape index (κ2) is 5.41. The molecule has 19 heavy (non-hydrogen) atoms. The fourth-order valence-corrected chi connectivity index (χ4v) is 3.12. The van der Waals surface area contributed by atoms with E-state index in [2.05, 4.69) is 0 Å². The summed E-state index contributed by atoms with van der Waals surface area (Å²) in [5, 5.41) is 0.950. The second-order valence-electron chi connectivity index (χ2n) is 3.92. The highest BCUT2D eigenvalue weighted by molar-refractivity contribution is 7.18. The number of methoxy groups -OCH3 is 1. The number of halogens is 2. The molecule has 2 N–H and O–H groups in total. The molecule has 3 nitrogen and oxygen atoms in total. The zero-order valence-corrected chi connectivity index (χ0v) is 12.6. The van der Waals surface area contributed by atoms with Gasteiger partial charge in [0.25, 0.3) is 0 Å². The highest BCUT2D eigenvalue weighted by Gasteiger charge is 2.20. The summed E-state index contributed by atoms with van der Waals surface area (Å²) in [7, 11) is 1.33. The van der Waals surface area contributed by atoms with Gasteiger partial charge in [-0.3, -0.25) is 0 Å². The van der Waals surface area contributed by atoms with Crippen LogP contribution in [0.2, 0.25) is 10.0 Å². The predicted molar refractivity (Wildman–Crippen MR) is 80.3 cm³/mol. The first-order valence-electron chi connectivity index (χ1n) is 5.38. The summed E-state index contributed by atoms with van der Waals surface area (Å²) in [4.78, 5) is 12.9. The molecular formula is C13H11Cl2NO2S. The van der Waals surface area contributed by atoms with Crippen molar-refractivity contribution < 1.29 is 9.53 Å². The van der Waals surface area contributed by atoms with Crippen LogP contribution in [0.3, 0.4) is 0 Å². The lowest BCUT2D eigenvalue weighted by molar-refractivity contribution is 0.0607. The van der Waals surface area contributed by atoms with Crippen LogP contribution in [-0.2, 0) is 4.74 Å². The van der Waals surface area contributed by atoms with E-state index < -0.39 is 5.97 Å². The molecular weight excluding hydrogens is 305 g/mol. The van der Waals surface area contributed by atoms with E-state index in [-0.39, 0.29) is 0 Å². The van der Waals surface area contributed by atoms with Gasteiger partial charge in [-0.15, -0.1) is 11.3 Å². The number of benzene rings is 1. The van der Waals surface area contributed by atoms with Gasteiger partial charge in [0.05, 0.1) is 22.8 Å². The maximum atomic E-state index is 11.6. The first kappa shape index (κ1) is 14.2. The van der Waals surface area contributed by atoms with Gasteiger partial charge >= 0.3 is 5.97 Å². The van der Waals surface area contributed by atoms with Crippen LogP contribution in [0.1, 0.15) is 15.2 Å². The molecule has 6 heteroatoms. The Labute approximate surface area is 124 Å². The zero-order valence-electron chi connectivity index (χ0n) is 10.3. The van der Waals surface area contributed by atoms with Gasteiger partial charge in [-0.05, 0) is 30.2 Å². The summed E-state index contributed by atoms with van der Waals surface area (Å²) in [5.74, 6) is -0.433. The van der Waals surface area contributed by atoms with Gasteiger partial charge in [-0.25, -0.2) is 4.79 Å². The van der Waals surface area contributed by atoms with E-state index in [0.717, 1.165) is 16.0 Å². The van der Waals surface area contributed by atoms with Crippen molar-refractivity contribution in [3.05, 3.63) is 38.7 Å². The number of carbonyl (C=O) groups is 1. The molecule has 0 amide bonds. The molecule has 2 rings (SSSR count). The average molecular weight is 316 g/mol. The molecule has 0 saturated heterocycles. The Morgan fingerprint density at radius 3 is 2.58 bits per heavy atom. The molecule has 2 aromatic rings. The van der Waals surface area contributed by atoms with E-state index in [1.807, 2.05) is 13.0 Å². The number of thiophene rings is 1. The molecule has 0 unspecified atom stereocenters. The minimum Gasteiger partial charge on any atom is -0.465 e. The van der Waals surface area contributed by atoms with Gasteiger partial charge < -0.3 is 10.5 Å². The Morgan fingerprint density at radius 2 is 2.00 bits per heavy atom. The SMILES string of the molecule is COC(=O)c1sc(-c2ccc(Cl)c(Cl)c2)c(C)c1N. The molecule has 0 aliphatic rings. The number of hydrogen-bond donors (Lipinski definition) is 1. The number of rotatable bonds is 2. The van der Waals surface area contributed by atoms with Crippen LogP contribution >= 0.6 is 34.5 Å². The Balaban J connectivity index is 2.57. The van der Waals surface area contributed by atoms with Gasteiger partial charge in [0.2, 0.25) is 0 Å². The van der Waals surface area contributed by atoms with Crippen molar-refractivity contribution >= 4 is 46.2 Å².